The average molecular weight is 227 g/mol. The molecule has 0 saturated heterocycles. The normalized spacial score (nSPS) is 9.71. The lowest BCUT2D eigenvalue weighted by atomic mass is 10.2. The molecule has 0 radical (unpaired) electrons. The van der Waals surface area contributed by atoms with E-state index in [1.165, 1.54) is 0 Å². The van der Waals surface area contributed by atoms with Crippen LogP contribution >= 0.6 is 0 Å². The number of aromatic nitrogens is 1. The monoisotopic (exact) mass is 227 g/mol. The van der Waals surface area contributed by atoms with Crippen molar-refractivity contribution in [3.63, 3.8) is 0 Å². The van der Waals surface area contributed by atoms with Crippen LogP contribution in [-0.4, -0.2) is 17.3 Å². The van der Waals surface area contributed by atoms with Crippen LogP contribution in [0.5, 0.6) is 0 Å². The maximum Gasteiger partial charge on any atom is 0.240 e. The molecule has 86 valence electrons. The molecular formula is C13H13N3O. The highest BCUT2D eigenvalue weighted by Gasteiger charge is 2.09. The van der Waals surface area contributed by atoms with Gasteiger partial charge in [0, 0.05) is 18.9 Å². The molecule has 0 fully saturated rings. The number of benzene rings is 1. The molecule has 0 spiro atoms. The van der Waals surface area contributed by atoms with Crippen LogP contribution in [0.3, 0.4) is 0 Å². The zero-order valence-electron chi connectivity index (χ0n) is 9.58. The van der Waals surface area contributed by atoms with E-state index in [1.807, 2.05) is 59.3 Å². The first-order chi connectivity index (χ1) is 8.36. The van der Waals surface area contributed by atoms with E-state index >= 15 is 0 Å². The van der Waals surface area contributed by atoms with Gasteiger partial charge in [-0.2, -0.15) is 4.99 Å². The first-order valence-electron chi connectivity index (χ1n) is 5.44. The maximum absolute atomic E-state index is 10.4. The third-order valence-corrected chi connectivity index (χ3v) is 2.49. The largest absolute Gasteiger partial charge is 0.280 e. The number of hydrogen-bond donors (Lipinski definition) is 0. The van der Waals surface area contributed by atoms with Gasteiger partial charge in [0.25, 0.3) is 0 Å². The number of carbonyl (C=O) groups excluding carboxylic acids is 1. The number of isocyanates is 1. The summed E-state index contributed by atoms with van der Waals surface area (Å²) in [5, 5.41) is 2.02. The molecule has 0 bridgehead atoms. The molecule has 2 aromatic rings. The molecule has 1 aromatic carbocycles. The van der Waals surface area contributed by atoms with Gasteiger partial charge in [0.05, 0.1) is 5.69 Å². The minimum Gasteiger partial charge on any atom is -0.280 e. The molecule has 0 aliphatic carbocycles. The van der Waals surface area contributed by atoms with Crippen molar-refractivity contribution in [1.82, 2.24) is 4.68 Å². The van der Waals surface area contributed by atoms with Crippen molar-refractivity contribution in [2.24, 2.45) is 4.99 Å². The van der Waals surface area contributed by atoms with Gasteiger partial charge in [-0.3, -0.25) is 9.69 Å². The zero-order chi connectivity index (χ0) is 12.1. The summed E-state index contributed by atoms with van der Waals surface area (Å²) in [7, 11) is 0. The summed E-state index contributed by atoms with van der Waals surface area (Å²) in [4.78, 5) is 14.1. The Morgan fingerprint density at radius 3 is 2.59 bits per heavy atom. The van der Waals surface area contributed by atoms with Gasteiger partial charge in [0.1, 0.15) is 5.69 Å². The standard InChI is InChI=1S/C13H13N3O/c1-2-16(15-9-5-6-10-15)13-8-4-3-7-12(13)14-11-17/h3-10H,2H2,1H3. The first kappa shape index (κ1) is 11.2. The van der Waals surface area contributed by atoms with Gasteiger partial charge in [0.15, 0.2) is 0 Å². The number of anilines is 1. The predicted molar refractivity (Wildman–Crippen MR) is 67.1 cm³/mol. The van der Waals surface area contributed by atoms with Crippen LogP contribution in [0.25, 0.3) is 0 Å². The SMILES string of the molecule is CCN(c1ccccc1N=C=O)n1cccc1. The minimum atomic E-state index is 0.623. The molecule has 4 heteroatoms. The summed E-state index contributed by atoms with van der Waals surface area (Å²) >= 11 is 0. The van der Waals surface area contributed by atoms with Gasteiger partial charge >= 0.3 is 0 Å². The third kappa shape index (κ3) is 2.27. The topological polar surface area (TPSA) is 37.6 Å². The maximum atomic E-state index is 10.4. The van der Waals surface area contributed by atoms with Crippen molar-refractivity contribution >= 4 is 17.5 Å². The molecule has 0 amide bonds. The number of para-hydroxylation sites is 2. The smallest absolute Gasteiger partial charge is 0.240 e. The molecule has 1 heterocycles. The molecule has 2 rings (SSSR count). The van der Waals surface area contributed by atoms with Gasteiger partial charge in [-0.05, 0) is 31.2 Å². The Morgan fingerprint density at radius 1 is 1.24 bits per heavy atom. The van der Waals surface area contributed by atoms with E-state index in [-0.39, 0.29) is 0 Å². The fourth-order valence-electron chi connectivity index (χ4n) is 1.77. The number of rotatable bonds is 4. The van der Waals surface area contributed by atoms with Crippen LogP contribution in [0.1, 0.15) is 6.92 Å². The third-order valence-electron chi connectivity index (χ3n) is 2.49. The van der Waals surface area contributed by atoms with Crippen LogP contribution in [0.15, 0.2) is 53.8 Å². The van der Waals surface area contributed by atoms with Crippen LogP contribution < -0.4 is 5.01 Å². The lowest BCUT2D eigenvalue weighted by Gasteiger charge is -2.25. The Labute approximate surface area is 99.8 Å². The number of hydrogen-bond acceptors (Lipinski definition) is 3. The van der Waals surface area contributed by atoms with Gasteiger partial charge in [0.2, 0.25) is 6.08 Å². The Morgan fingerprint density at radius 2 is 1.94 bits per heavy atom. The van der Waals surface area contributed by atoms with Crippen molar-refractivity contribution in [1.29, 1.82) is 0 Å². The fourth-order valence-corrected chi connectivity index (χ4v) is 1.77. The second-order valence-corrected chi connectivity index (χ2v) is 3.47. The number of nitrogens with zero attached hydrogens (tertiary/aromatic N) is 3. The lowest BCUT2D eigenvalue weighted by Crippen LogP contribution is -2.27. The molecule has 4 nitrogen and oxygen atoms in total. The molecule has 17 heavy (non-hydrogen) atoms. The van der Waals surface area contributed by atoms with E-state index < -0.39 is 0 Å². The van der Waals surface area contributed by atoms with Crippen LogP contribution in [0, 0.1) is 0 Å². The van der Waals surface area contributed by atoms with Crippen molar-refractivity contribution in [3.8, 4) is 0 Å². The molecule has 0 unspecified atom stereocenters. The van der Waals surface area contributed by atoms with E-state index in [0.717, 1.165) is 12.2 Å². The van der Waals surface area contributed by atoms with Gasteiger partial charge in [-0.1, -0.05) is 12.1 Å². The second kappa shape index (κ2) is 5.14. The van der Waals surface area contributed by atoms with E-state index in [1.54, 1.807) is 12.1 Å². The predicted octanol–water partition coefficient (Wildman–Crippen LogP) is 2.75. The molecule has 0 saturated carbocycles. The van der Waals surface area contributed by atoms with Crippen LogP contribution in [0.2, 0.25) is 0 Å². The van der Waals surface area contributed by atoms with E-state index in [4.69, 9.17) is 0 Å². The molecule has 0 N–H and O–H groups in total. The van der Waals surface area contributed by atoms with E-state index in [2.05, 4.69) is 4.99 Å². The van der Waals surface area contributed by atoms with Crippen LogP contribution in [0.4, 0.5) is 11.4 Å². The average Bonchev–Trinajstić information content (AvgIpc) is 2.86. The van der Waals surface area contributed by atoms with E-state index in [9.17, 15) is 4.79 Å². The Bertz CT molecular complexity index is 527. The zero-order valence-corrected chi connectivity index (χ0v) is 9.58. The second-order valence-electron chi connectivity index (χ2n) is 3.47. The quantitative estimate of drug-likeness (QED) is 0.595. The fraction of sp³-hybridized carbons (Fsp3) is 0.154. The molecular weight excluding hydrogens is 214 g/mol. The summed E-state index contributed by atoms with van der Waals surface area (Å²) in [5.74, 6) is 0. The van der Waals surface area contributed by atoms with Crippen LogP contribution in [-0.2, 0) is 4.79 Å². The Balaban J connectivity index is 2.47. The van der Waals surface area contributed by atoms with Crippen molar-refractivity contribution in [2.75, 3.05) is 11.6 Å². The van der Waals surface area contributed by atoms with Crippen molar-refractivity contribution < 1.29 is 4.79 Å². The highest BCUT2D eigenvalue weighted by atomic mass is 16.1. The summed E-state index contributed by atoms with van der Waals surface area (Å²) in [6, 6.07) is 11.4. The minimum absolute atomic E-state index is 0.623. The molecule has 1 aromatic heterocycles. The first-order valence-corrected chi connectivity index (χ1v) is 5.44. The Kier molecular flexibility index (Phi) is 3.38. The van der Waals surface area contributed by atoms with Gasteiger partial charge in [-0.25, -0.2) is 4.79 Å². The summed E-state index contributed by atoms with van der Waals surface area (Å²) in [6.07, 6.45) is 5.49. The summed E-state index contributed by atoms with van der Waals surface area (Å²) in [6.45, 7) is 2.82. The number of aliphatic imine (C=N–C) groups is 1. The molecule has 0 atom stereocenters. The highest BCUT2D eigenvalue weighted by Crippen LogP contribution is 2.28. The highest BCUT2D eigenvalue weighted by molar-refractivity contribution is 5.69. The lowest BCUT2D eigenvalue weighted by molar-refractivity contribution is 0.565. The van der Waals surface area contributed by atoms with Gasteiger partial charge < -0.3 is 0 Å². The molecule has 0 aliphatic rings. The van der Waals surface area contributed by atoms with Crippen molar-refractivity contribution in [3.05, 3.63) is 48.8 Å². The molecule has 0 aliphatic heterocycles. The summed E-state index contributed by atoms with van der Waals surface area (Å²) < 4.78 is 1.96. The summed E-state index contributed by atoms with van der Waals surface area (Å²) in [5.41, 5.74) is 1.51. The van der Waals surface area contributed by atoms with E-state index in [0.29, 0.717) is 5.69 Å². The van der Waals surface area contributed by atoms with Gasteiger partial charge in [-0.15, -0.1) is 0 Å². The Hall–Kier alpha value is -2.32. The van der Waals surface area contributed by atoms with Crippen molar-refractivity contribution in [2.45, 2.75) is 6.92 Å².